The molecule has 0 aliphatic heterocycles. The van der Waals surface area contributed by atoms with Gasteiger partial charge in [-0.1, -0.05) is 54.2 Å². The number of hydrogen-bond donors (Lipinski definition) is 0. The molecule has 0 radical (unpaired) electrons. The second-order valence-electron chi connectivity index (χ2n) is 5.99. The number of aromatic nitrogens is 3. The molecule has 0 aliphatic rings. The molecule has 0 atom stereocenters. The van der Waals surface area contributed by atoms with E-state index >= 15 is 0 Å². The summed E-state index contributed by atoms with van der Waals surface area (Å²) in [4.78, 5) is 15.0. The molecule has 8 heteroatoms. The predicted octanol–water partition coefficient (Wildman–Crippen LogP) is 4.61. The maximum absolute atomic E-state index is 10.8. The number of nitrogens with zero attached hydrogens (tertiary/aromatic N) is 4. The standard InChI is InChI=1S/C20H16N4O3S/c1-27-20-19(15-5-3-2-4-6-15)21-17-11-12-18(22-23(17)20)28-13-14-7-9-16(10-8-14)24(25)26/h2-12H,13H2,1H3. The largest absolute Gasteiger partial charge is 0.479 e. The lowest BCUT2D eigenvalue weighted by Gasteiger charge is -2.05. The molecule has 0 bridgehead atoms. The summed E-state index contributed by atoms with van der Waals surface area (Å²) in [6, 6.07) is 20.2. The van der Waals surface area contributed by atoms with E-state index in [9.17, 15) is 10.1 Å². The number of rotatable bonds is 6. The van der Waals surface area contributed by atoms with Gasteiger partial charge in [0.2, 0.25) is 5.88 Å². The number of thioether (sulfide) groups is 1. The van der Waals surface area contributed by atoms with Gasteiger partial charge in [-0.15, -0.1) is 0 Å². The first-order valence-electron chi connectivity index (χ1n) is 8.51. The Kier molecular flexibility index (Phi) is 4.94. The van der Waals surface area contributed by atoms with Crippen molar-refractivity contribution in [3.05, 3.63) is 82.4 Å². The fourth-order valence-corrected chi connectivity index (χ4v) is 3.62. The summed E-state index contributed by atoms with van der Waals surface area (Å²) in [6.45, 7) is 0. The van der Waals surface area contributed by atoms with Crippen LogP contribution in [0.15, 0.2) is 71.8 Å². The van der Waals surface area contributed by atoms with Crippen molar-refractivity contribution in [3.63, 3.8) is 0 Å². The molecule has 0 spiro atoms. The molecule has 2 aromatic heterocycles. The van der Waals surface area contributed by atoms with Gasteiger partial charge in [0.1, 0.15) is 10.7 Å². The highest BCUT2D eigenvalue weighted by atomic mass is 32.2. The molecule has 0 aliphatic carbocycles. The van der Waals surface area contributed by atoms with Crippen LogP contribution in [0.4, 0.5) is 5.69 Å². The van der Waals surface area contributed by atoms with Crippen molar-refractivity contribution < 1.29 is 9.66 Å². The number of hydrogen-bond acceptors (Lipinski definition) is 6. The highest BCUT2D eigenvalue weighted by Gasteiger charge is 2.16. The molecule has 0 fully saturated rings. The lowest BCUT2D eigenvalue weighted by atomic mass is 10.2. The average molecular weight is 392 g/mol. The van der Waals surface area contributed by atoms with Crippen LogP contribution in [0, 0.1) is 10.1 Å². The fourth-order valence-electron chi connectivity index (χ4n) is 2.81. The number of fused-ring (bicyclic) bond motifs is 1. The number of imidazole rings is 1. The van der Waals surface area contributed by atoms with Crippen LogP contribution in [0.2, 0.25) is 0 Å². The first-order chi connectivity index (χ1) is 13.7. The van der Waals surface area contributed by atoms with Crippen molar-refractivity contribution in [2.45, 2.75) is 10.8 Å². The van der Waals surface area contributed by atoms with Gasteiger partial charge >= 0.3 is 0 Å². The second kappa shape index (κ2) is 7.69. The summed E-state index contributed by atoms with van der Waals surface area (Å²) in [5, 5.41) is 16.2. The van der Waals surface area contributed by atoms with Gasteiger partial charge in [0.05, 0.1) is 12.0 Å². The lowest BCUT2D eigenvalue weighted by molar-refractivity contribution is -0.384. The molecule has 7 nitrogen and oxygen atoms in total. The van der Waals surface area contributed by atoms with Crippen molar-refractivity contribution >= 4 is 23.1 Å². The van der Waals surface area contributed by atoms with Crippen molar-refractivity contribution in [2.75, 3.05) is 7.11 Å². The number of ether oxygens (including phenoxy) is 1. The van der Waals surface area contributed by atoms with Crippen molar-refractivity contribution in [1.29, 1.82) is 0 Å². The van der Waals surface area contributed by atoms with E-state index in [4.69, 9.17) is 4.74 Å². The van der Waals surface area contributed by atoms with E-state index in [0.717, 1.165) is 21.8 Å². The van der Waals surface area contributed by atoms with E-state index in [-0.39, 0.29) is 5.69 Å². The molecule has 2 aromatic carbocycles. The quantitative estimate of drug-likeness (QED) is 0.271. The minimum absolute atomic E-state index is 0.0879. The molecule has 0 saturated heterocycles. The van der Waals surface area contributed by atoms with E-state index in [0.29, 0.717) is 17.3 Å². The van der Waals surface area contributed by atoms with Gasteiger partial charge < -0.3 is 4.74 Å². The third-order valence-electron chi connectivity index (χ3n) is 4.19. The summed E-state index contributed by atoms with van der Waals surface area (Å²) < 4.78 is 7.27. The minimum atomic E-state index is -0.401. The van der Waals surface area contributed by atoms with E-state index < -0.39 is 4.92 Å². The van der Waals surface area contributed by atoms with Crippen LogP contribution >= 0.6 is 11.8 Å². The van der Waals surface area contributed by atoms with Gasteiger partial charge in [0.15, 0.2) is 5.65 Å². The molecule has 0 unspecified atom stereocenters. The molecular weight excluding hydrogens is 376 g/mol. The van der Waals surface area contributed by atoms with E-state index in [1.807, 2.05) is 42.5 Å². The zero-order valence-corrected chi connectivity index (χ0v) is 15.8. The molecule has 0 amide bonds. The molecule has 28 heavy (non-hydrogen) atoms. The highest BCUT2D eigenvalue weighted by molar-refractivity contribution is 7.98. The van der Waals surface area contributed by atoms with E-state index in [2.05, 4.69) is 10.1 Å². The Morgan fingerprint density at radius 3 is 2.50 bits per heavy atom. The summed E-state index contributed by atoms with van der Waals surface area (Å²) in [7, 11) is 1.61. The summed E-state index contributed by atoms with van der Waals surface area (Å²) in [6.07, 6.45) is 0. The molecule has 140 valence electrons. The summed E-state index contributed by atoms with van der Waals surface area (Å²) >= 11 is 1.54. The Labute approximate surface area is 165 Å². The average Bonchev–Trinajstić information content (AvgIpc) is 3.11. The Morgan fingerprint density at radius 1 is 1.07 bits per heavy atom. The van der Waals surface area contributed by atoms with Gasteiger partial charge in [0, 0.05) is 23.4 Å². The minimum Gasteiger partial charge on any atom is -0.479 e. The predicted molar refractivity (Wildman–Crippen MR) is 108 cm³/mol. The number of non-ortho nitro benzene ring substituents is 1. The van der Waals surface area contributed by atoms with Crippen LogP contribution in [0.1, 0.15) is 5.56 Å². The number of methoxy groups -OCH3 is 1. The third-order valence-corrected chi connectivity index (χ3v) is 5.18. The SMILES string of the molecule is COc1c(-c2ccccc2)nc2ccc(SCc3ccc([N+](=O)[O-])cc3)nn12. The van der Waals surface area contributed by atoms with Gasteiger partial charge in [-0.2, -0.15) is 9.61 Å². The molecule has 0 saturated carbocycles. The van der Waals surface area contributed by atoms with Crippen LogP contribution < -0.4 is 4.74 Å². The van der Waals surface area contributed by atoms with E-state index in [1.165, 1.54) is 12.1 Å². The van der Waals surface area contributed by atoms with Gasteiger partial charge in [0.25, 0.3) is 5.69 Å². The molecular formula is C20H16N4O3S. The summed E-state index contributed by atoms with van der Waals surface area (Å²) in [5.41, 5.74) is 3.48. The fraction of sp³-hybridized carbons (Fsp3) is 0.100. The second-order valence-corrected chi connectivity index (χ2v) is 6.99. The Hall–Kier alpha value is -3.39. The van der Waals surface area contributed by atoms with Crippen LogP contribution in [0.25, 0.3) is 16.9 Å². The number of benzene rings is 2. The van der Waals surface area contributed by atoms with Crippen molar-refractivity contribution in [1.82, 2.24) is 14.6 Å². The highest BCUT2D eigenvalue weighted by Crippen LogP contribution is 2.31. The van der Waals surface area contributed by atoms with Crippen molar-refractivity contribution in [2.24, 2.45) is 0 Å². The van der Waals surface area contributed by atoms with Gasteiger partial charge in [-0.3, -0.25) is 10.1 Å². The summed E-state index contributed by atoms with van der Waals surface area (Å²) in [5.74, 6) is 1.23. The first-order valence-corrected chi connectivity index (χ1v) is 9.49. The third kappa shape index (κ3) is 3.54. The maximum atomic E-state index is 10.8. The smallest absolute Gasteiger partial charge is 0.269 e. The van der Waals surface area contributed by atoms with Crippen LogP contribution in [-0.4, -0.2) is 26.6 Å². The Bertz CT molecular complexity index is 1130. The molecule has 2 heterocycles. The normalized spacial score (nSPS) is 10.9. The topological polar surface area (TPSA) is 82.6 Å². The number of nitro groups is 1. The van der Waals surface area contributed by atoms with Crippen LogP contribution in [0.3, 0.4) is 0 Å². The number of nitro benzene ring substituents is 1. The first kappa shape index (κ1) is 18.0. The van der Waals surface area contributed by atoms with Gasteiger partial charge in [-0.05, 0) is 17.7 Å². The van der Waals surface area contributed by atoms with Crippen LogP contribution in [0.5, 0.6) is 5.88 Å². The maximum Gasteiger partial charge on any atom is 0.269 e. The zero-order valence-electron chi connectivity index (χ0n) is 15.0. The van der Waals surface area contributed by atoms with Crippen molar-refractivity contribution in [3.8, 4) is 17.1 Å². The Morgan fingerprint density at radius 2 is 1.82 bits per heavy atom. The monoisotopic (exact) mass is 392 g/mol. The van der Waals surface area contributed by atoms with Gasteiger partial charge in [-0.25, -0.2) is 4.98 Å². The van der Waals surface area contributed by atoms with Crippen LogP contribution in [-0.2, 0) is 5.75 Å². The molecule has 0 N–H and O–H groups in total. The Balaban J connectivity index is 1.59. The van der Waals surface area contributed by atoms with E-state index in [1.54, 1.807) is 35.5 Å². The molecule has 4 aromatic rings. The zero-order chi connectivity index (χ0) is 19.5. The molecule has 4 rings (SSSR count). The lowest BCUT2D eigenvalue weighted by Crippen LogP contribution is -1.97.